The first-order valence-corrected chi connectivity index (χ1v) is 10.3. The molecule has 0 atom stereocenters. The van der Waals surface area contributed by atoms with E-state index >= 15 is 0 Å². The fourth-order valence-corrected chi connectivity index (χ4v) is 4.09. The number of hydrogen-bond donors (Lipinski definition) is 1. The predicted octanol–water partition coefficient (Wildman–Crippen LogP) is 4.55. The zero-order valence-corrected chi connectivity index (χ0v) is 16.6. The number of amides is 1. The first-order valence-electron chi connectivity index (χ1n) is 8.09. The van der Waals surface area contributed by atoms with Crippen molar-refractivity contribution in [3.05, 3.63) is 40.9 Å². The summed E-state index contributed by atoms with van der Waals surface area (Å²) in [4.78, 5) is 16.1. The van der Waals surface area contributed by atoms with Crippen molar-refractivity contribution in [2.45, 2.75) is 18.6 Å². The smallest absolute Gasteiger partial charge is 0.236 e. The van der Waals surface area contributed by atoms with Gasteiger partial charge < -0.3 is 9.73 Å². The van der Waals surface area contributed by atoms with Crippen LogP contribution in [0.1, 0.15) is 6.92 Å². The second-order valence-electron chi connectivity index (χ2n) is 5.52. The maximum absolute atomic E-state index is 12.1. The predicted molar refractivity (Wildman–Crippen MR) is 107 cm³/mol. The molecule has 0 saturated carbocycles. The van der Waals surface area contributed by atoms with Gasteiger partial charge in [-0.1, -0.05) is 23.4 Å². The average Bonchev–Trinajstić information content (AvgIpc) is 3.38. The fraction of sp³-hybridized carbons (Fsp3) is 0.176. The molecule has 3 heterocycles. The highest BCUT2D eigenvalue weighted by molar-refractivity contribution is 7.99. The highest BCUT2D eigenvalue weighted by Crippen LogP contribution is 2.30. The number of fused-ring (bicyclic) bond motifs is 1. The molecular formula is C17H14ClN5O2S2. The van der Waals surface area contributed by atoms with Gasteiger partial charge in [-0.15, -0.1) is 21.5 Å². The number of rotatable bonds is 6. The van der Waals surface area contributed by atoms with Crippen LogP contribution in [0.5, 0.6) is 0 Å². The van der Waals surface area contributed by atoms with Gasteiger partial charge in [0.2, 0.25) is 11.7 Å². The topological polar surface area (TPSA) is 85.8 Å². The molecule has 0 aliphatic rings. The molecule has 10 heteroatoms. The van der Waals surface area contributed by atoms with Crippen LogP contribution in [0.2, 0.25) is 5.02 Å². The molecule has 3 aromatic heterocycles. The molecule has 138 valence electrons. The number of aromatic nitrogens is 4. The molecule has 0 aliphatic heterocycles. The Balaban J connectivity index is 1.53. The summed E-state index contributed by atoms with van der Waals surface area (Å²) in [6.07, 6.45) is 1.65. The summed E-state index contributed by atoms with van der Waals surface area (Å²) in [5, 5.41) is 15.8. The Labute approximate surface area is 167 Å². The SMILES string of the molecule is CCn1c(SCC(=O)Nc2nccs2)nnc1-c1cc2cc(Cl)ccc2o1. The number of carbonyl (C=O) groups is 1. The van der Waals surface area contributed by atoms with Crippen LogP contribution in [0.15, 0.2) is 45.4 Å². The van der Waals surface area contributed by atoms with E-state index in [-0.39, 0.29) is 11.7 Å². The Morgan fingerprint density at radius 2 is 2.26 bits per heavy atom. The van der Waals surface area contributed by atoms with Gasteiger partial charge in [0.15, 0.2) is 16.0 Å². The molecule has 1 N–H and O–H groups in total. The standard InChI is InChI=1S/C17H14ClN5O2S2/c1-2-23-15(13-8-10-7-11(18)3-4-12(10)25-13)21-22-17(23)27-9-14(24)20-16-19-5-6-26-16/h3-8H,2,9H2,1H3,(H,19,20,24). The number of halogens is 1. The number of hydrogen-bond acceptors (Lipinski definition) is 7. The van der Waals surface area contributed by atoms with Crippen LogP contribution in [-0.2, 0) is 11.3 Å². The van der Waals surface area contributed by atoms with E-state index in [0.29, 0.717) is 33.4 Å². The molecule has 4 rings (SSSR count). The number of thioether (sulfide) groups is 1. The summed E-state index contributed by atoms with van der Waals surface area (Å²) in [7, 11) is 0. The minimum Gasteiger partial charge on any atom is -0.453 e. The van der Waals surface area contributed by atoms with Crippen LogP contribution in [-0.4, -0.2) is 31.4 Å². The third-order valence-electron chi connectivity index (χ3n) is 3.74. The lowest BCUT2D eigenvalue weighted by Crippen LogP contribution is -2.14. The summed E-state index contributed by atoms with van der Waals surface area (Å²) < 4.78 is 7.80. The van der Waals surface area contributed by atoms with E-state index in [9.17, 15) is 4.79 Å². The van der Waals surface area contributed by atoms with E-state index in [1.165, 1.54) is 23.1 Å². The zero-order valence-electron chi connectivity index (χ0n) is 14.2. The molecule has 4 aromatic rings. The number of nitrogens with zero attached hydrogens (tertiary/aromatic N) is 4. The first kappa shape index (κ1) is 18.0. The van der Waals surface area contributed by atoms with Crippen molar-refractivity contribution < 1.29 is 9.21 Å². The van der Waals surface area contributed by atoms with Crippen molar-refractivity contribution in [2.24, 2.45) is 0 Å². The van der Waals surface area contributed by atoms with Crippen molar-refractivity contribution in [1.82, 2.24) is 19.7 Å². The lowest BCUT2D eigenvalue weighted by molar-refractivity contribution is -0.113. The summed E-state index contributed by atoms with van der Waals surface area (Å²) in [5.41, 5.74) is 0.733. The molecule has 1 aromatic carbocycles. The van der Waals surface area contributed by atoms with Gasteiger partial charge in [0.05, 0.1) is 5.75 Å². The van der Waals surface area contributed by atoms with Gasteiger partial charge in [-0.25, -0.2) is 4.98 Å². The molecule has 0 fully saturated rings. The fourth-order valence-electron chi connectivity index (χ4n) is 2.56. The van der Waals surface area contributed by atoms with Gasteiger partial charge in [-0.3, -0.25) is 9.36 Å². The van der Waals surface area contributed by atoms with Crippen molar-refractivity contribution in [2.75, 3.05) is 11.1 Å². The summed E-state index contributed by atoms with van der Waals surface area (Å²) in [6.45, 7) is 2.64. The Morgan fingerprint density at radius 1 is 1.37 bits per heavy atom. The molecule has 0 unspecified atom stereocenters. The number of furan rings is 1. The molecule has 0 bridgehead atoms. The van der Waals surface area contributed by atoms with Crippen LogP contribution in [0.4, 0.5) is 5.13 Å². The number of thiazole rings is 1. The minimum atomic E-state index is -0.138. The van der Waals surface area contributed by atoms with E-state index in [1.807, 2.05) is 35.1 Å². The average molecular weight is 420 g/mol. The minimum absolute atomic E-state index is 0.138. The maximum Gasteiger partial charge on any atom is 0.236 e. The maximum atomic E-state index is 12.1. The third kappa shape index (κ3) is 3.85. The second kappa shape index (κ2) is 7.71. The molecule has 0 radical (unpaired) electrons. The van der Waals surface area contributed by atoms with E-state index in [1.54, 1.807) is 12.3 Å². The molecule has 7 nitrogen and oxygen atoms in total. The van der Waals surface area contributed by atoms with Crippen LogP contribution < -0.4 is 5.32 Å². The highest BCUT2D eigenvalue weighted by atomic mass is 35.5. The normalized spacial score (nSPS) is 11.2. The monoisotopic (exact) mass is 419 g/mol. The van der Waals surface area contributed by atoms with Crippen LogP contribution >= 0.6 is 34.7 Å². The molecule has 0 saturated heterocycles. The van der Waals surface area contributed by atoms with Gasteiger partial charge >= 0.3 is 0 Å². The number of benzene rings is 1. The van der Waals surface area contributed by atoms with E-state index in [2.05, 4.69) is 20.5 Å². The second-order valence-corrected chi connectivity index (χ2v) is 7.79. The van der Waals surface area contributed by atoms with Crippen LogP contribution in [0.25, 0.3) is 22.6 Å². The number of carbonyl (C=O) groups excluding carboxylic acids is 1. The summed E-state index contributed by atoms with van der Waals surface area (Å²) in [6, 6.07) is 7.34. The summed E-state index contributed by atoms with van der Waals surface area (Å²) in [5.74, 6) is 1.31. The van der Waals surface area contributed by atoms with E-state index in [0.717, 1.165) is 11.0 Å². The molecular weight excluding hydrogens is 406 g/mol. The lowest BCUT2D eigenvalue weighted by atomic mass is 10.2. The quantitative estimate of drug-likeness (QED) is 0.461. The Morgan fingerprint density at radius 3 is 3.04 bits per heavy atom. The Hall–Kier alpha value is -2.36. The van der Waals surface area contributed by atoms with Gasteiger partial charge in [-0.05, 0) is 31.2 Å². The number of nitrogens with one attached hydrogen (secondary N) is 1. The van der Waals surface area contributed by atoms with Crippen LogP contribution in [0.3, 0.4) is 0 Å². The van der Waals surface area contributed by atoms with Crippen molar-refractivity contribution >= 4 is 56.7 Å². The van der Waals surface area contributed by atoms with Gasteiger partial charge in [0, 0.05) is 28.5 Å². The molecule has 0 aliphatic carbocycles. The Kier molecular flexibility index (Phi) is 5.15. The highest BCUT2D eigenvalue weighted by Gasteiger charge is 2.18. The summed E-state index contributed by atoms with van der Waals surface area (Å²) >= 11 is 8.73. The molecule has 1 amide bonds. The van der Waals surface area contributed by atoms with Gasteiger partial charge in [0.1, 0.15) is 5.58 Å². The zero-order chi connectivity index (χ0) is 18.8. The van der Waals surface area contributed by atoms with E-state index in [4.69, 9.17) is 16.0 Å². The van der Waals surface area contributed by atoms with Crippen molar-refractivity contribution in [1.29, 1.82) is 0 Å². The Bertz CT molecular complexity index is 1090. The largest absolute Gasteiger partial charge is 0.453 e. The van der Waals surface area contributed by atoms with Crippen molar-refractivity contribution in [3.8, 4) is 11.6 Å². The lowest BCUT2D eigenvalue weighted by Gasteiger charge is -2.05. The van der Waals surface area contributed by atoms with E-state index < -0.39 is 0 Å². The number of anilines is 1. The van der Waals surface area contributed by atoms with Gasteiger partial charge in [-0.2, -0.15) is 0 Å². The van der Waals surface area contributed by atoms with Crippen molar-refractivity contribution in [3.63, 3.8) is 0 Å². The first-order chi connectivity index (χ1) is 13.1. The third-order valence-corrected chi connectivity index (χ3v) is 5.63. The van der Waals surface area contributed by atoms with Gasteiger partial charge in [0.25, 0.3) is 0 Å². The van der Waals surface area contributed by atoms with Crippen LogP contribution in [0, 0.1) is 0 Å². The molecule has 0 spiro atoms. The molecule has 27 heavy (non-hydrogen) atoms.